The van der Waals surface area contributed by atoms with Crippen molar-refractivity contribution in [2.24, 2.45) is 0 Å². The number of aliphatic hydroxyl groups is 1. The highest BCUT2D eigenvalue weighted by Gasteiger charge is 2.56. The first kappa shape index (κ1) is 27.7. The zero-order valence-electron chi connectivity index (χ0n) is 20.7. The van der Waals surface area contributed by atoms with E-state index in [0.29, 0.717) is 0 Å². The molecule has 0 amide bonds. The van der Waals surface area contributed by atoms with Gasteiger partial charge in [0.2, 0.25) is 5.95 Å². The molecule has 1 aromatic carbocycles. The number of aromatic nitrogens is 4. The van der Waals surface area contributed by atoms with E-state index in [-0.39, 0.29) is 29.5 Å². The Balaban J connectivity index is 1.56. The fraction of sp³-hybridized carbons (Fsp3) is 0.455. The van der Waals surface area contributed by atoms with Gasteiger partial charge < -0.3 is 24.8 Å². The number of aliphatic hydroxyl groups excluding tert-OH is 1. The Kier molecular flexibility index (Phi) is 7.85. The van der Waals surface area contributed by atoms with E-state index in [1.807, 2.05) is 0 Å². The number of aromatic amines is 1. The summed E-state index contributed by atoms with van der Waals surface area (Å²) in [5.41, 5.74) is 2.40. The number of rotatable bonds is 10. The number of carbonyl (C=O) groups is 1. The fourth-order valence-corrected chi connectivity index (χ4v) is 5.41. The average molecular weight is 554 g/mol. The van der Waals surface area contributed by atoms with Crippen LogP contribution >= 0.6 is 7.75 Å². The number of esters is 1. The summed E-state index contributed by atoms with van der Waals surface area (Å²) in [6.45, 7) is 3.61. The maximum absolute atomic E-state index is 15.8. The normalized spacial score (nSPS) is 25.7. The van der Waals surface area contributed by atoms with Crippen LogP contribution in [0.15, 0.2) is 41.5 Å². The van der Waals surface area contributed by atoms with Gasteiger partial charge in [-0.3, -0.25) is 23.7 Å². The van der Waals surface area contributed by atoms with Crippen LogP contribution in [0, 0.1) is 0 Å². The number of nitrogens with one attached hydrogen (secondary N) is 2. The Labute approximate surface area is 215 Å². The summed E-state index contributed by atoms with van der Waals surface area (Å²) >= 11 is 0. The zero-order chi connectivity index (χ0) is 27.7. The van der Waals surface area contributed by atoms with E-state index in [1.165, 1.54) is 19.1 Å². The first-order chi connectivity index (χ1) is 17.9. The number of anilines is 1. The molecule has 1 fully saturated rings. The number of para-hydroxylation sites is 1. The molecule has 5 N–H and O–H groups in total. The number of hydrogen-bond donors (Lipinski definition) is 4. The number of hydrogen-bond acceptors (Lipinski definition) is 11. The second kappa shape index (κ2) is 10.8. The number of H-pyrrole nitrogens is 1. The second-order valence-electron chi connectivity index (χ2n) is 8.70. The largest absolute Gasteiger partial charge is 0.465 e. The molecular weight excluding hydrogens is 526 g/mol. The molecule has 3 heterocycles. The van der Waals surface area contributed by atoms with Gasteiger partial charge in [-0.1, -0.05) is 18.2 Å². The Morgan fingerprint density at radius 1 is 1.42 bits per heavy atom. The molecule has 0 bridgehead atoms. The van der Waals surface area contributed by atoms with Gasteiger partial charge in [-0.05, 0) is 32.9 Å². The number of carbonyl (C=O) groups excluding carboxylic acids is 1. The standard InChI is InChI=1S/C22H28FN6O8P/c1-4-34-19(32)12(2)28-38(33,37-13-8-6-5-7-9-13)35-10-14-16(30)22(3,23)20(36-14)29-11-25-15-17(29)26-21(24)27-18(15)31/h5-9,11-12,14,16,20,30H,4,10H2,1-3H3,(H,28,33)(H3,24,26,27,31)/t12-,14+,16+,20+,22+,38?/m0/s1. The summed E-state index contributed by atoms with van der Waals surface area (Å²) in [5.74, 6) is -0.751. The van der Waals surface area contributed by atoms with Gasteiger partial charge in [0, 0.05) is 0 Å². The summed E-state index contributed by atoms with van der Waals surface area (Å²) in [6, 6.07) is 6.94. The minimum absolute atomic E-state index is 0.0584. The molecule has 0 spiro atoms. The number of benzene rings is 1. The highest BCUT2D eigenvalue weighted by atomic mass is 31.2. The summed E-state index contributed by atoms with van der Waals surface area (Å²) in [5, 5.41) is 13.2. The van der Waals surface area contributed by atoms with Crippen molar-refractivity contribution < 1.29 is 37.4 Å². The smallest absolute Gasteiger partial charge is 0.459 e. The SMILES string of the molecule is CCOC(=O)[C@H](C)NP(=O)(OC[C@H]1O[C@@H](n2cnc3c(=O)[nH]c(N)nc32)[C@](C)(F)[C@@H]1O)Oc1ccccc1. The lowest BCUT2D eigenvalue weighted by atomic mass is 9.98. The van der Waals surface area contributed by atoms with Gasteiger partial charge >= 0.3 is 13.7 Å². The molecule has 2 aromatic heterocycles. The van der Waals surface area contributed by atoms with Crippen LogP contribution in [-0.2, 0) is 23.4 Å². The lowest BCUT2D eigenvalue weighted by Gasteiger charge is -2.25. The summed E-state index contributed by atoms with van der Waals surface area (Å²) < 4.78 is 52.3. The Hall–Kier alpha value is -3.36. The van der Waals surface area contributed by atoms with Crippen LogP contribution in [0.5, 0.6) is 5.75 Å². The monoisotopic (exact) mass is 554 g/mol. The number of ether oxygens (including phenoxy) is 2. The van der Waals surface area contributed by atoms with Crippen LogP contribution in [0.3, 0.4) is 0 Å². The third kappa shape index (κ3) is 5.56. The minimum Gasteiger partial charge on any atom is -0.465 e. The van der Waals surface area contributed by atoms with Crippen molar-refractivity contribution in [1.29, 1.82) is 0 Å². The van der Waals surface area contributed by atoms with Crippen LogP contribution in [0.25, 0.3) is 11.2 Å². The van der Waals surface area contributed by atoms with Crippen LogP contribution in [0.2, 0.25) is 0 Å². The quantitative estimate of drug-likeness (QED) is 0.208. The number of nitrogens with zero attached hydrogens (tertiary/aromatic N) is 3. The molecule has 0 radical (unpaired) electrons. The van der Waals surface area contributed by atoms with Gasteiger partial charge in [0.15, 0.2) is 23.1 Å². The van der Waals surface area contributed by atoms with Crippen LogP contribution < -0.4 is 20.9 Å². The molecule has 1 aliphatic heterocycles. The molecular formula is C22H28FN6O8P. The molecule has 1 saturated heterocycles. The molecule has 16 heteroatoms. The van der Waals surface area contributed by atoms with E-state index in [1.54, 1.807) is 25.1 Å². The third-order valence-electron chi connectivity index (χ3n) is 5.79. The molecule has 14 nitrogen and oxygen atoms in total. The number of nitrogen functional groups attached to an aromatic ring is 1. The van der Waals surface area contributed by atoms with Gasteiger partial charge in [-0.25, -0.2) is 13.9 Å². The lowest BCUT2D eigenvalue weighted by molar-refractivity contribution is -0.144. The lowest BCUT2D eigenvalue weighted by Crippen LogP contribution is -2.41. The topological polar surface area (TPSA) is 193 Å². The maximum Gasteiger partial charge on any atom is 0.459 e. The first-order valence-electron chi connectivity index (χ1n) is 11.6. The molecule has 6 atom stereocenters. The Bertz CT molecular complexity index is 1400. The van der Waals surface area contributed by atoms with Gasteiger partial charge in [0.25, 0.3) is 5.56 Å². The highest BCUT2D eigenvalue weighted by molar-refractivity contribution is 7.52. The molecule has 0 saturated carbocycles. The number of alkyl halides is 1. The number of imidazole rings is 1. The molecule has 3 aromatic rings. The van der Waals surface area contributed by atoms with Crippen molar-refractivity contribution in [1.82, 2.24) is 24.6 Å². The first-order valence-corrected chi connectivity index (χ1v) is 13.2. The maximum atomic E-state index is 15.8. The van der Waals surface area contributed by atoms with Gasteiger partial charge in [-0.2, -0.15) is 10.1 Å². The van der Waals surface area contributed by atoms with Gasteiger partial charge in [0.1, 0.15) is 24.0 Å². The molecule has 4 rings (SSSR count). The van der Waals surface area contributed by atoms with Crippen molar-refractivity contribution >= 4 is 30.8 Å². The number of nitrogens with two attached hydrogens (primary N) is 1. The van der Waals surface area contributed by atoms with E-state index >= 15 is 4.39 Å². The van der Waals surface area contributed by atoms with Crippen molar-refractivity contribution in [3.8, 4) is 5.75 Å². The Morgan fingerprint density at radius 3 is 2.82 bits per heavy atom. The summed E-state index contributed by atoms with van der Waals surface area (Å²) in [7, 11) is -4.29. The predicted octanol–water partition coefficient (Wildman–Crippen LogP) is 1.43. The van der Waals surface area contributed by atoms with Crippen LogP contribution in [0.4, 0.5) is 10.3 Å². The third-order valence-corrected chi connectivity index (χ3v) is 7.43. The average Bonchev–Trinajstić information content (AvgIpc) is 3.37. The van der Waals surface area contributed by atoms with Crippen molar-refractivity contribution in [3.63, 3.8) is 0 Å². The fourth-order valence-electron chi connectivity index (χ4n) is 3.90. The van der Waals surface area contributed by atoms with E-state index in [0.717, 1.165) is 17.8 Å². The van der Waals surface area contributed by atoms with Crippen molar-refractivity contribution in [2.45, 2.75) is 50.9 Å². The van der Waals surface area contributed by atoms with Gasteiger partial charge in [-0.15, -0.1) is 0 Å². The second-order valence-corrected chi connectivity index (χ2v) is 10.4. The van der Waals surface area contributed by atoms with Crippen molar-refractivity contribution in [3.05, 3.63) is 47.0 Å². The van der Waals surface area contributed by atoms with E-state index in [2.05, 4.69) is 20.0 Å². The summed E-state index contributed by atoms with van der Waals surface area (Å²) in [6.07, 6.45) is -3.47. The summed E-state index contributed by atoms with van der Waals surface area (Å²) in [4.78, 5) is 34.5. The van der Waals surface area contributed by atoms with Crippen LogP contribution in [-0.4, -0.2) is 67.7 Å². The predicted molar refractivity (Wildman–Crippen MR) is 132 cm³/mol. The molecule has 38 heavy (non-hydrogen) atoms. The minimum atomic E-state index is -4.29. The van der Waals surface area contributed by atoms with E-state index in [4.69, 9.17) is 24.3 Å². The number of fused-ring (bicyclic) bond motifs is 1. The van der Waals surface area contributed by atoms with E-state index < -0.39 is 56.0 Å². The zero-order valence-corrected chi connectivity index (χ0v) is 21.6. The molecule has 206 valence electrons. The highest BCUT2D eigenvalue weighted by Crippen LogP contribution is 2.48. The number of halogens is 1. The molecule has 1 aliphatic rings. The molecule has 0 aliphatic carbocycles. The van der Waals surface area contributed by atoms with E-state index in [9.17, 15) is 19.3 Å². The van der Waals surface area contributed by atoms with Gasteiger partial charge in [0.05, 0.1) is 19.5 Å². The molecule has 1 unspecified atom stereocenters. The Morgan fingerprint density at radius 2 is 2.13 bits per heavy atom. The van der Waals surface area contributed by atoms with Crippen LogP contribution in [0.1, 0.15) is 27.0 Å². The van der Waals surface area contributed by atoms with Crippen molar-refractivity contribution in [2.75, 3.05) is 18.9 Å².